The first-order chi connectivity index (χ1) is 5.56. The van der Waals surface area contributed by atoms with Crippen molar-refractivity contribution in [3.8, 4) is 5.75 Å². The van der Waals surface area contributed by atoms with Crippen molar-refractivity contribution in [2.24, 2.45) is 0 Å². The van der Waals surface area contributed by atoms with Gasteiger partial charge in [0.2, 0.25) is 0 Å². The van der Waals surface area contributed by atoms with Gasteiger partial charge in [0.05, 0.1) is 5.60 Å². The molecule has 0 radical (unpaired) electrons. The second-order valence-corrected chi connectivity index (χ2v) is 3.18. The molecular formula is C10H14O2. The van der Waals surface area contributed by atoms with E-state index in [-0.39, 0.29) is 5.75 Å². The molecule has 0 saturated carbocycles. The van der Waals surface area contributed by atoms with Gasteiger partial charge in [0, 0.05) is 0 Å². The lowest BCUT2D eigenvalue weighted by molar-refractivity contribution is 0.0528. The monoisotopic (exact) mass is 166 g/mol. The highest BCUT2D eigenvalue weighted by Crippen LogP contribution is 2.26. The van der Waals surface area contributed by atoms with Crippen molar-refractivity contribution < 1.29 is 10.2 Å². The Kier molecular flexibility index (Phi) is 2.38. The molecule has 0 saturated heterocycles. The van der Waals surface area contributed by atoms with Crippen LogP contribution in [-0.2, 0) is 5.60 Å². The van der Waals surface area contributed by atoms with Gasteiger partial charge in [0.25, 0.3) is 0 Å². The molecule has 1 rings (SSSR count). The molecular weight excluding hydrogens is 152 g/mol. The second kappa shape index (κ2) is 3.15. The molecule has 2 nitrogen and oxygen atoms in total. The van der Waals surface area contributed by atoms with Crippen molar-refractivity contribution in [1.29, 1.82) is 0 Å². The van der Waals surface area contributed by atoms with E-state index in [2.05, 4.69) is 0 Å². The van der Waals surface area contributed by atoms with E-state index in [9.17, 15) is 5.11 Å². The third kappa shape index (κ3) is 1.77. The molecule has 2 N–H and O–H groups in total. The molecule has 0 bridgehead atoms. The molecule has 0 amide bonds. The van der Waals surface area contributed by atoms with Crippen molar-refractivity contribution in [1.82, 2.24) is 0 Å². The topological polar surface area (TPSA) is 40.5 Å². The number of benzene rings is 1. The fourth-order valence-corrected chi connectivity index (χ4v) is 1.05. The highest BCUT2D eigenvalue weighted by molar-refractivity contribution is 5.30. The lowest BCUT2D eigenvalue weighted by Crippen LogP contribution is -2.19. The van der Waals surface area contributed by atoms with E-state index in [0.717, 1.165) is 5.56 Å². The molecule has 0 fully saturated rings. The zero-order chi connectivity index (χ0) is 9.19. The van der Waals surface area contributed by atoms with Gasteiger partial charge in [-0.25, -0.2) is 0 Å². The van der Waals surface area contributed by atoms with Gasteiger partial charge in [-0.15, -0.1) is 0 Å². The van der Waals surface area contributed by atoms with E-state index < -0.39 is 5.60 Å². The first-order valence-corrected chi connectivity index (χ1v) is 4.08. The molecule has 2 heteroatoms. The Balaban J connectivity index is 3.03. The summed E-state index contributed by atoms with van der Waals surface area (Å²) in [7, 11) is 0. The minimum absolute atomic E-state index is 0.196. The van der Waals surface area contributed by atoms with Gasteiger partial charge in [0.15, 0.2) is 0 Å². The van der Waals surface area contributed by atoms with E-state index in [1.807, 2.05) is 13.0 Å². The predicted molar refractivity (Wildman–Crippen MR) is 48.0 cm³/mol. The van der Waals surface area contributed by atoms with Crippen molar-refractivity contribution >= 4 is 0 Å². The van der Waals surface area contributed by atoms with Gasteiger partial charge in [-0.05, 0) is 31.0 Å². The van der Waals surface area contributed by atoms with Crippen LogP contribution < -0.4 is 0 Å². The first-order valence-electron chi connectivity index (χ1n) is 4.08. The Bertz CT molecular complexity index is 266. The average Bonchev–Trinajstić information content (AvgIpc) is 2.05. The van der Waals surface area contributed by atoms with Crippen LogP contribution in [0.5, 0.6) is 5.75 Å². The summed E-state index contributed by atoms with van der Waals surface area (Å²) in [6, 6.07) is 6.72. The molecule has 0 heterocycles. The van der Waals surface area contributed by atoms with Crippen molar-refractivity contribution in [3.05, 3.63) is 29.8 Å². The molecule has 0 spiro atoms. The van der Waals surface area contributed by atoms with Crippen LogP contribution >= 0.6 is 0 Å². The van der Waals surface area contributed by atoms with Crippen molar-refractivity contribution in [2.45, 2.75) is 25.9 Å². The highest BCUT2D eigenvalue weighted by atomic mass is 16.3. The van der Waals surface area contributed by atoms with Crippen LogP contribution in [-0.4, -0.2) is 10.2 Å². The summed E-state index contributed by atoms with van der Waals surface area (Å²) in [5.41, 5.74) is -0.0800. The standard InChI is InChI=1S/C10H14O2/c1-3-10(2,12)8-5-4-6-9(11)7-8/h4-7,11-12H,3H2,1-2H3. The maximum absolute atomic E-state index is 9.81. The molecule has 1 aromatic rings. The minimum atomic E-state index is -0.835. The number of aromatic hydroxyl groups is 1. The molecule has 0 aromatic heterocycles. The van der Waals surface area contributed by atoms with E-state index in [4.69, 9.17) is 5.11 Å². The van der Waals surface area contributed by atoms with Gasteiger partial charge < -0.3 is 10.2 Å². The smallest absolute Gasteiger partial charge is 0.115 e. The zero-order valence-electron chi connectivity index (χ0n) is 7.41. The van der Waals surface area contributed by atoms with Crippen LogP contribution in [0.4, 0.5) is 0 Å². The first kappa shape index (κ1) is 9.07. The molecule has 1 aromatic carbocycles. The SMILES string of the molecule is CCC(C)(O)c1cccc(O)c1. The number of hydrogen-bond donors (Lipinski definition) is 2. The maximum atomic E-state index is 9.81. The summed E-state index contributed by atoms with van der Waals surface area (Å²) in [6.07, 6.45) is 0.635. The summed E-state index contributed by atoms with van der Waals surface area (Å²) < 4.78 is 0. The summed E-state index contributed by atoms with van der Waals surface area (Å²) in [6.45, 7) is 3.64. The molecule has 1 unspecified atom stereocenters. The average molecular weight is 166 g/mol. The Morgan fingerprint density at radius 1 is 1.42 bits per heavy atom. The normalized spacial score (nSPS) is 15.6. The number of hydrogen-bond acceptors (Lipinski definition) is 2. The van der Waals surface area contributed by atoms with Crippen LogP contribution in [0.3, 0.4) is 0 Å². The molecule has 66 valence electrons. The number of phenols is 1. The third-order valence-corrected chi connectivity index (χ3v) is 2.16. The van der Waals surface area contributed by atoms with Gasteiger partial charge >= 0.3 is 0 Å². The van der Waals surface area contributed by atoms with Crippen LogP contribution in [0.15, 0.2) is 24.3 Å². The van der Waals surface area contributed by atoms with Crippen LogP contribution in [0.1, 0.15) is 25.8 Å². The van der Waals surface area contributed by atoms with E-state index >= 15 is 0 Å². The van der Waals surface area contributed by atoms with Crippen LogP contribution in [0.25, 0.3) is 0 Å². The van der Waals surface area contributed by atoms with Crippen LogP contribution in [0.2, 0.25) is 0 Å². The summed E-state index contributed by atoms with van der Waals surface area (Å²) >= 11 is 0. The van der Waals surface area contributed by atoms with Crippen LogP contribution in [0, 0.1) is 0 Å². The Labute approximate surface area is 72.5 Å². The fraction of sp³-hybridized carbons (Fsp3) is 0.400. The highest BCUT2D eigenvalue weighted by Gasteiger charge is 2.20. The molecule has 0 aliphatic heterocycles. The maximum Gasteiger partial charge on any atom is 0.115 e. The lowest BCUT2D eigenvalue weighted by Gasteiger charge is -2.21. The Hall–Kier alpha value is -1.02. The molecule has 0 aliphatic rings. The van der Waals surface area contributed by atoms with Gasteiger partial charge in [-0.2, -0.15) is 0 Å². The zero-order valence-corrected chi connectivity index (χ0v) is 7.41. The number of rotatable bonds is 2. The van der Waals surface area contributed by atoms with Crippen molar-refractivity contribution in [2.75, 3.05) is 0 Å². The molecule has 12 heavy (non-hydrogen) atoms. The lowest BCUT2D eigenvalue weighted by atomic mass is 9.93. The Morgan fingerprint density at radius 3 is 2.58 bits per heavy atom. The quantitative estimate of drug-likeness (QED) is 0.705. The fourth-order valence-electron chi connectivity index (χ4n) is 1.05. The molecule has 1 atom stereocenters. The van der Waals surface area contributed by atoms with E-state index in [1.54, 1.807) is 25.1 Å². The number of aliphatic hydroxyl groups is 1. The summed E-state index contributed by atoms with van der Waals surface area (Å²) in [4.78, 5) is 0. The largest absolute Gasteiger partial charge is 0.508 e. The Morgan fingerprint density at radius 2 is 2.08 bits per heavy atom. The third-order valence-electron chi connectivity index (χ3n) is 2.16. The van der Waals surface area contributed by atoms with E-state index in [0.29, 0.717) is 6.42 Å². The second-order valence-electron chi connectivity index (χ2n) is 3.18. The van der Waals surface area contributed by atoms with Crippen molar-refractivity contribution in [3.63, 3.8) is 0 Å². The van der Waals surface area contributed by atoms with Gasteiger partial charge in [-0.1, -0.05) is 19.1 Å². The summed E-state index contributed by atoms with van der Waals surface area (Å²) in [5.74, 6) is 0.196. The number of phenolic OH excluding ortho intramolecular Hbond substituents is 1. The molecule has 0 aliphatic carbocycles. The van der Waals surface area contributed by atoms with Gasteiger partial charge in [0.1, 0.15) is 5.75 Å². The predicted octanol–water partition coefficient (Wildman–Crippen LogP) is 2.01. The van der Waals surface area contributed by atoms with Gasteiger partial charge in [-0.3, -0.25) is 0 Å². The van der Waals surface area contributed by atoms with E-state index in [1.165, 1.54) is 0 Å². The minimum Gasteiger partial charge on any atom is -0.508 e. The summed E-state index contributed by atoms with van der Waals surface area (Å²) in [5, 5.41) is 19.0.